The number of hydrogen-bond acceptors (Lipinski definition) is 6. The zero-order valence-corrected chi connectivity index (χ0v) is 18.7. The average molecular weight is 441 g/mol. The van der Waals surface area contributed by atoms with E-state index in [1.54, 1.807) is 23.4 Å². The Hall–Kier alpha value is -3.83. The number of nitrogens with zero attached hydrogens (tertiary/aromatic N) is 6. The number of hydrogen-bond donors (Lipinski definition) is 0. The van der Waals surface area contributed by atoms with Gasteiger partial charge in [0, 0.05) is 24.2 Å². The number of nitriles is 1. The molecule has 0 aliphatic heterocycles. The summed E-state index contributed by atoms with van der Waals surface area (Å²) in [4.78, 5) is 9.65. The van der Waals surface area contributed by atoms with Crippen LogP contribution in [0.3, 0.4) is 0 Å². The summed E-state index contributed by atoms with van der Waals surface area (Å²) >= 11 is 1.55. The van der Waals surface area contributed by atoms with E-state index in [9.17, 15) is 5.26 Å². The van der Waals surface area contributed by atoms with E-state index in [-0.39, 0.29) is 0 Å². The van der Waals surface area contributed by atoms with Crippen molar-refractivity contribution >= 4 is 28.2 Å². The van der Waals surface area contributed by atoms with E-state index in [1.165, 1.54) is 0 Å². The lowest BCUT2D eigenvalue weighted by atomic mass is 10.1. The normalized spacial score (nSPS) is 11.2. The van der Waals surface area contributed by atoms with Crippen LogP contribution >= 0.6 is 11.8 Å². The second-order valence-electron chi connectivity index (χ2n) is 7.42. The fraction of sp³-hybridized carbons (Fsp3) is 0.167. The largest absolute Gasteiger partial charge is 0.497 e. The van der Waals surface area contributed by atoms with Gasteiger partial charge in [-0.05, 0) is 25.1 Å². The monoisotopic (exact) mass is 440 g/mol. The standard InChI is InChI=1S/C24H20N6OS/c1-15-19(12-25)23-18-9-4-5-10-20(18)27-24(30(23)28-15)32-14-22-26-21(13-29(22)2)16-7-6-8-17(11-16)31-3/h4-11,13H,14H2,1-3H3. The van der Waals surface area contributed by atoms with Crippen molar-refractivity contribution in [1.29, 1.82) is 5.26 Å². The molecule has 3 aromatic heterocycles. The number of fused-ring (bicyclic) bond motifs is 3. The highest BCUT2D eigenvalue weighted by molar-refractivity contribution is 7.98. The van der Waals surface area contributed by atoms with Gasteiger partial charge in [0.15, 0.2) is 5.16 Å². The molecule has 0 atom stereocenters. The number of ether oxygens (including phenoxy) is 1. The number of para-hydroxylation sites is 1. The van der Waals surface area contributed by atoms with E-state index in [4.69, 9.17) is 14.7 Å². The molecule has 2 aromatic carbocycles. The zero-order chi connectivity index (χ0) is 22.2. The number of aryl methyl sites for hydroxylation is 2. The minimum Gasteiger partial charge on any atom is -0.497 e. The number of imidazole rings is 1. The van der Waals surface area contributed by atoms with Crippen molar-refractivity contribution < 1.29 is 4.74 Å². The maximum atomic E-state index is 9.70. The highest BCUT2D eigenvalue weighted by atomic mass is 32.2. The molecule has 0 unspecified atom stereocenters. The van der Waals surface area contributed by atoms with Crippen molar-refractivity contribution in [1.82, 2.24) is 24.1 Å². The van der Waals surface area contributed by atoms with Gasteiger partial charge in [-0.2, -0.15) is 10.4 Å². The Labute approximate surface area is 189 Å². The molecule has 0 saturated heterocycles. The van der Waals surface area contributed by atoms with E-state index in [0.29, 0.717) is 17.0 Å². The van der Waals surface area contributed by atoms with E-state index >= 15 is 0 Å². The molecule has 7 nitrogen and oxygen atoms in total. The van der Waals surface area contributed by atoms with Gasteiger partial charge in [0.05, 0.1) is 35.3 Å². The summed E-state index contributed by atoms with van der Waals surface area (Å²) in [6.45, 7) is 1.86. The molecule has 5 aromatic rings. The van der Waals surface area contributed by atoms with E-state index in [1.807, 2.05) is 73.3 Å². The molecule has 3 heterocycles. The summed E-state index contributed by atoms with van der Waals surface area (Å²) in [5.41, 5.74) is 4.82. The highest BCUT2D eigenvalue weighted by Crippen LogP contribution is 2.30. The molecule has 0 aliphatic carbocycles. The van der Waals surface area contributed by atoms with E-state index in [0.717, 1.165) is 44.4 Å². The topological polar surface area (TPSA) is 81.0 Å². The lowest BCUT2D eigenvalue weighted by molar-refractivity contribution is 0.415. The Morgan fingerprint density at radius 3 is 2.78 bits per heavy atom. The summed E-state index contributed by atoms with van der Waals surface area (Å²) in [6.07, 6.45) is 2.01. The molecule has 0 radical (unpaired) electrons. The molecule has 0 amide bonds. The van der Waals surface area contributed by atoms with Crippen molar-refractivity contribution in [2.45, 2.75) is 17.8 Å². The molecule has 158 valence electrons. The maximum Gasteiger partial charge on any atom is 0.190 e. The Morgan fingerprint density at radius 2 is 1.97 bits per heavy atom. The Morgan fingerprint density at radius 1 is 1.12 bits per heavy atom. The SMILES string of the molecule is COc1cccc(-c2cn(C)c(CSc3nc4ccccc4c4c(C#N)c(C)nn34)n2)c1. The van der Waals surface area contributed by atoms with E-state index in [2.05, 4.69) is 11.2 Å². The first-order chi connectivity index (χ1) is 15.6. The third-order valence-electron chi connectivity index (χ3n) is 5.40. The van der Waals surface area contributed by atoms with Crippen LogP contribution in [0.4, 0.5) is 0 Å². The molecule has 0 fully saturated rings. The first-order valence-corrected chi connectivity index (χ1v) is 11.0. The van der Waals surface area contributed by atoms with Crippen LogP contribution in [-0.2, 0) is 12.8 Å². The number of methoxy groups -OCH3 is 1. The van der Waals surface area contributed by atoms with E-state index < -0.39 is 0 Å². The maximum absolute atomic E-state index is 9.70. The van der Waals surface area contributed by atoms with Crippen molar-refractivity contribution in [2.24, 2.45) is 7.05 Å². The first-order valence-electron chi connectivity index (χ1n) is 10.1. The van der Waals surface area contributed by atoms with Crippen LogP contribution in [0.2, 0.25) is 0 Å². The molecule has 0 saturated carbocycles. The average Bonchev–Trinajstić information content (AvgIpc) is 3.36. The Bertz CT molecular complexity index is 1510. The third-order valence-corrected chi connectivity index (χ3v) is 6.32. The molecular weight excluding hydrogens is 420 g/mol. The number of aromatic nitrogens is 5. The van der Waals surface area contributed by atoms with Crippen LogP contribution in [-0.4, -0.2) is 31.3 Å². The third kappa shape index (κ3) is 3.37. The molecule has 5 rings (SSSR count). The summed E-state index contributed by atoms with van der Waals surface area (Å²) < 4.78 is 9.14. The van der Waals surface area contributed by atoms with Gasteiger partial charge >= 0.3 is 0 Å². The van der Waals surface area contributed by atoms with Gasteiger partial charge in [-0.3, -0.25) is 0 Å². The quantitative estimate of drug-likeness (QED) is 0.289. The Balaban J connectivity index is 1.52. The summed E-state index contributed by atoms with van der Waals surface area (Å²) in [7, 11) is 3.65. The van der Waals surface area contributed by atoms with Gasteiger partial charge in [0.25, 0.3) is 0 Å². The predicted molar refractivity (Wildman–Crippen MR) is 125 cm³/mol. The number of rotatable bonds is 5. The second-order valence-corrected chi connectivity index (χ2v) is 8.36. The van der Waals surface area contributed by atoms with Crippen LogP contribution in [0.5, 0.6) is 5.75 Å². The fourth-order valence-electron chi connectivity index (χ4n) is 3.75. The predicted octanol–water partition coefficient (Wildman–Crippen LogP) is 4.76. The zero-order valence-electron chi connectivity index (χ0n) is 17.9. The van der Waals surface area contributed by atoms with Gasteiger partial charge < -0.3 is 9.30 Å². The van der Waals surface area contributed by atoms with Crippen LogP contribution in [0, 0.1) is 18.3 Å². The molecular formula is C24H20N6OS. The highest BCUT2D eigenvalue weighted by Gasteiger charge is 2.18. The molecule has 0 spiro atoms. The van der Waals surface area contributed by atoms with Crippen LogP contribution in [0.15, 0.2) is 59.9 Å². The fourth-order valence-corrected chi connectivity index (χ4v) is 4.70. The molecule has 0 aliphatic rings. The smallest absolute Gasteiger partial charge is 0.190 e. The van der Waals surface area contributed by atoms with Gasteiger partial charge in [-0.25, -0.2) is 14.5 Å². The molecule has 0 N–H and O–H groups in total. The minimum absolute atomic E-state index is 0.586. The van der Waals surface area contributed by atoms with Crippen molar-refractivity contribution in [3.63, 3.8) is 0 Å². The summed E-state index contributed by atoms with van der Waals surface area (Å²) in [5.74, 6) is 2.33. The molecule has 0 bridgehead atoms. The van der Waals surface area contributed by atoms with Gasteiger partial charge in [-0.15, -0.1) is 0 Å². The lowest BCUT2D eigenvalue weighted by Crippen LogP contribution is -2.00. The van der Waals surface area contributed by atoms with Crippen molar-refractivity contribution in [3.8, 4) is 23.1 Å². The van der Waals surface area contributed by atoms with Gasteiger partial charge in [-0.1, -0.05) is 42.1 Å². The summed E-state index contributed by atoms with van der Waals surface area (Å²) in [6, 6.07) is 18.0. The van der Waals surface area contributed by atoms with Crippen molar-refractivity contribution in [3.05, 3.63) is 71.8 Å². The van der Waals surface area contributed by atoms with Gasteiger partial charge in [0.1, 0.15) is 23.2 Å². The van der Waals surface area contributed by atoms with Crippen LogP contribution in [0.25, 0.3) is 27.7 Å². The lowest BCUT2D eigenvalue weighted by Gasteiger charge is -2.07. The molecule has 8 heteroatoms. The Kier molecular flexibility index (Phi) is 5.04. The number of thioether (sulfide) groups is 1. The van der Waals surface area contributed by atoms with Crippen LogP contribution in [0.1, 0.15) is 17.1 Å². The van der Waals surface area contributed by atoms with Gasteiger partial charge in [0.2, 0.25) is 0 Å². The number of benzene rings is 2. The molecule has 32 heavy (non-hydrogen) atoms. The second kappa shape index (κ2) is 8.02. The summed E-state index contributed by atoms with van der Waals surface area (Å²) in [5, 5.41) is 16.0. The van der Waals surface area contributed by atoms with Crippen LogP contribution < -0.4 is 4.74 Å². The minimum atomic E-state index is 0.586. The van der Waals surface area contributed by atoms with Crippen molar-refractivity contribution in [2.75, 3.05) is 7.11 Å². The first kappa shape index (κ1) is 20.1.